The highest BCUT2D eigenvalue weighted by atomic mass is 16.6. The summed E-state index contributed by atoms with van der Waals surface area (Å²) in [5, 5.41) is 14.0. The van der Waals surface area contributed by atoms with Gasteiger partial charge in [-0.15, -0.1) is 0 Å². The number of morpholine rings is 1. The van der Waals surface area contributed by atoms with Crippen LogP contribution in [0.25, 0.3) is 0 Å². The minimum atomic E-state index is -0.396. The van der Waals surface area contributed by atoms with Crippen LogP contribution in [0.5, 0.6) is 0 Å². The van der Waals surface area contributed by atoms with E-state index in [0.717, 1.165) is 0 Å². The summed E-state index contributed by atoms with van der Waals surface area (Å²) in [6, 6.07) is 3.09. The molecule has 0 aromatic carbocycles. The van der Waals surface area contributed by atoms with E-state index in [2.05, 4.69) is 10.3 Å². The minimum absolute atomic E-state index is 0.0281. The van der Waals surface area contributed by atoms with Crippen LogP contribution in [-0.2, 0) is 4.74 Å². The molecular formula is C12H18N4O3. The number of ether oxygens (including phenoxy) is 1. The van der Waals surface area contributed by atoms with E-state index in [-0.39, 0.29) is 17.9 Å². The van der Waals surface area contributed by atoms with E-state index < -0.39 is 4.92 Å². The van der Waals surface area contributed by atoms with Crippen molar-refractivity contribution in [3.8, 4) is 0 Å². The van der Waals surface area contributed by atoms with Crippen LogP contribution in [0.4, 0.5) is 17.3 Å². The predicted molar refractivity (Wildman–Crippen MR) is 72.7 cm³/mol. The molecule has 104 valence electrons. The molecule has 0 aliphatic carbocycles. The van der Waals surface area contributed by atoms with Crippen LogP contribution in [0, 0.1) is 10.1 Å². The summed E-state index contributed by atoms with van der Waals surface area (Å²) in [6.07, 6.45) is 0.0618. The van der Waals surface area contributed by atoms with E-state index in [0.29, 0.717) is 24.7 Å². The maximum atomic E-state index is 11.1. The second kappa shape index (κ2) is 5.40. The minimum Gasteiger partial charge on any atom is -0.373 e. The Morgan fingerprint density at radius 1 is 1.42 bits per heavy atom. The Morgan fingerprint density at radius 3 is 2.58 bits per heavy atom. The van der Waals surface area contributed by atoms with Crippen molar-refractivity contribution in [2.75, 3.05) is 30.4 Å². The third-order valence-electron chi connectivity index (χ3n) is 3.03. The van der Waals surface area contributed by atoms with Crippen LogP contribution in [0.1, 0.15) is 13.8 Å². The molecule has 7 heteroatoms. The highest BCUT2D eigenvalue weighted by molar-refractivity contribution is 5.62. The lowest BCUT2D eigenvalue weighted by Crippen LogP contribution is -2.46. The molecule has 1 aromatic heterocycles. The summed E-state index contributed by atoms with van der Waals surface area (Å²) in [6.45, 7) is 5.11. The van der Waals surface area contributed by atoms with Crippen LogP contribution in [0.3, 0.4) is 0 Å². The summed E-state index contributed by atoms with van der Waals surface area (Å²) >= 11 is 0. The number of rotatable bonds is 3. The molecule has 1 saturated heterocycles. The zero-order valence-corrected chi connectivity index (χ0v) is 11.3. The molecule has 0 amide bonds. The Hall–Kier alpha value is -1.89. The van der Waals surface area contributed by atoms with Crippen molar-refractivity contribution < 1.29 is 9.66 Å². The molecule has 1 aromatic rings. The number of nitro groups is 1. The number of nitrogens with zero attached hydrogens (tertiary/aromatic N) is 3. The molecule has 0 spiro atoms. The van der Waals surface area contributed by atoms with Crippen molar-refractivity contribution in [3.05, 3.63) is 22.2 Å². The number of anilines is 2. The highest BCUT2D eigenvalue weighted by Crippen LogP contribution is 2.29. The molecule has 1 aliphatic rings. The Balaban J connectivity index is 2.38. The average molecular weight is 266 g/mol. The fraction of sp³-hybridized carbons (Fsp3) is 0.583. The van der Waals surface area contributed by atoms with Gasteiger partial charge in [0.15, 0.2) is 0 Å². The van der Waals surface area contributed by atoms with Crippen molar-refractivity contribution >= 4 is 17.3 Å². The second-order valence-corrected chi connectivity index (χ2v) is 4.71. The molecule has 7 nitrogen and oxygen atoms in total. The highest BCUT2D eigenvalue weighted by Gasteiger charge is 2.28. The normalized spacial score (nSPS) is 23.2. The van der Waals surface area contributed by atoms with Gasteiger partial charge in [0.1, 0.15) is 5.82 Å². The lowest BCUT2D eigenvalue weighted by atomic mass is 10.2. The van der Waals surface area contributed by atoms with Gasteiger partial charge in [0.05, 0.1) is 17.1 Å². The Bertz CT molecular complexity index is 470. The van der Waals surface area contributed by atoms with Gasteiger partial charge in [-0.2, -0.15) is 0 Å². The van der Waals surface area contributed by atoms with Gasteiger partial charge in [-0.05, 0) is 19.9 Å². The Kier molecular flexibility index (Phi) is 3.84. The van der Waals surface area contributed by atoms with Crippen molar-refractivity contribution in [2.45, 2.75) is 26.1 Å². The smallest absolute Gasteiger partial charge is 0.311 e. The van der Waals surface area contributed by atoms with Gasteiger partial charge in [0.2, 0.25) is 5.82 Å². The van der Waals surface area contributed by atoms with E-state index in [1.54, 1.807) is 13.1 Å². The molecule has 2 atom stereocenters. The topological polar surface area (TPSA) is 80.5 Å². The van der Waals surface area contributed by atoms with Crippen molar-refractivity contribution in [1.29, 1.82) is 0 Å². The number of nitrogens with one attached hydrogen (secondary N) is 1. The molecule has 1 aliphatic heterocycles. The van der Waals surface area contributed by atoms with E-state index in [4.69, 9.17) is 4.74 Å². The van der Waals surface area contributed by atoms with Gasteiger partial charge in [-0.1, -0.05) is 0 Å². The molecule has 2 rings (SSSR count). The quantitative estimate of drug-likeness (QED) is 0.661. The maximum Gasteiger partial charge on any atom is 0.311 e. The van der Waals surface area contributed by atoms with Gasteiger partial charge in [-0.3, -0.25) is 10.1 Å². The molecule has 0 saturated carbocycles. The third-order valence-corrected chi connectivity index (χ3v) is 3.03. The average Bonchev–Trinajstić information content (AvgIpc) is 2.36. The molecule has 19 heavy (non-hydrogen) atoms. The number of pyridine rings is 1. The van der Waals surface area contributed by atoms with Crippen LogP contribution < -0.4 is 10.2 Å². The van der Waals surface area contributed by atoms with E-state index in [1.807, 2.05) is 18.7 Å². The van der Waals surface area contributed by atoms with Gasteiger partial charge < -0.3 is 15.0 Å². The molecule has 0 bridgehead atoms. The first-order valence-corrected chi connectivity index (χ1v) is 6.25. The zero-order valence-electron chi connectivity index (χ0n) is 11.3. The van der Waals surface area contributed by atoms with Crippen LogP contribution >= 0.6 is 0 Å². The van der Waals surface area contributed by atoms with E-state index >= 15 is 0 Å². The monoisotopic (exact) mass is 266 g/mol. The molecule has 1 N–H and O–H groups in total. The number of hydrogen-bond acceptors (Lipinski definition) is 6. The molecule has 2 unspecified atom stereocenters. The van der Waals surface area contributed by atoms with Crippen molar-refractivity contribution in [2.24, 2.45) is 0 Å². The maximum absolute atomic E-state index is 11.1. The fourth-order valence-corrected chi connectivity index (χ4v) is 2.31. The van der Waals surface area contributed by atoms with E-state index in [9.17, 15) is 10.1 Å². The van der Waals surface area contributed by atoms with Crippen LogP contribution in [0.2, 0.25) is 0 Å². The first-order valence-electron chi connectivity index (χ1n) is 6.25. The van der Waals surface area contributed by atoms with Crippen LogP contribution in [0.15, 0.2) is 12.1 Å². The summed E-state index contributed by atoms with van der Waals surface area (Å²) < 4.78 is 5.64. The standard InChI is InChI=1S/C12H18N4O3/c1-8-6-15(7-9(2)19-8)12-10(16(17)18)4-5-11(13-3)14-12/h4-5,8-9H,6-7H2,1-3H3,(H,13,14). The first kappa shape index (κ1) is 13.5. The lowest BCUT2D eigenvalue weighted by Gasteiger charge is -2.35. The van der Waals surface area contributed by atoms with Gasteiger partial charge in [0, 0.05) is 26.2 Å². The van der Waals surface area contributed by atoms with Gasteiger partial charge in [0.25, 0.3) is 0 Å². The fourth-order valence-electron chi connectivity index (χ4n) is 2.31. The number of aromatic nitrogens is 1. The SMILES string of the molecule is CNc1ccc([N+](=O)[O-])c(N2CC(C)OC(C)C2)n1. The third kappa shape index (κ3) is 2.93. The molecule has 0 radical (unpaired) electrons. The summed E-state index contributed by atoms with van der Waals surface area (Å²) in [7, 11) is 1.74. The largest absolute Gasteiger partial charge is 0.373 e. The van der Waals surface area contributed by atoms with Gasteiger partial charge in [-0.25, -0.2) is 4.98 Å². The van der Waals surface area contributed by atoms with E-state index in [1.165, 1.54) is 6.07 Å². The molecule has 1 fully saturated rings. The molecule has 2 heterocycles. The second-order valence-electron chi connectivity index (χ2n) is 4.71. The molecular weight excluding hydrogens is 248 g/mol. The first-order chi connectivity index (χ1) is 9.01. The van der Waals surface area contributed by atoms with Crippen molar-refractivity contribution in [3.63, 3.8) is 0 Å². The summed E-state index contributed by atoms with van der Waals surface area (Å²) in [5.74, 6) is 1.02. The Labute approximate surface area is 111 Å². The lowest BCUT2D eigenvalue weighted by molar-refractivity contribution is -0.384. The predicted octanol–water partition coefficient (Wildman–Crippen LogP) is 1.65. The van der Waals surface area contributed by atoms with Crippen LogP contribution in [-0.4, -0.2) is 42.3 Å². The summed E-state index contributed by atoms with van der Waals surface area (Å²) in [4.78, 5) is 17.0. The van der Waals surface area contributed by atoms with Gasteiger partial charge >= 0.3 is 5.69 Å². The summed E-state index contributed by atoms with van der Waals surface area (Å²) in [5.41, 5.74) is 0.0281. The number of hydrogen-bond donors (Lipinski definition) is 1. The zero-order chi connectivity index (χ0) is 14.0. The van der Waals surface area contributed by atoms with Crippen molar-refractivity contribution in [1.82, 2.24) is 4.98 Å². The Morgan fingerprint density at radius 2 is 2.05 bits per heavy atom.